The molecule has 0 aromatic carbocycles. The second kappa shape index (κ2) is 8.35. The van der Waals surface area contributed by atoms with Crippen LogP contribution in [-0.2, 0) is 11.3 Å². The normalized spacial score (nSPS) is 16.6. The SMILES string of the molecule is C=CC(=O)N1CCC[C@@H](N(C)c2nc(Nc3cnn(CC)c3)nc3[nH]cc(Cl)c23)C1. The van der Waals surface area contributed by atoms with E-state index in [1.54, 1.807) is 12.4 Å². The maximum Gasteiger partial charge on any atom is 0.246 e. The number of fused-ring (bicyclic) bond motifs is 1. The van der Waals surface area contributed by atoms with Crippen molar-refractivity contribution in [1.82, 2.24) is 29.6 Å². The molecule has 0 unspecified atom stereocenters. The van der Waals surface area contributed by atoms with E-state index in [9.17, 15) is 4.79 Å². The van der Waals surface area contributed by atoms with E-state index in [1.165, 1.54) is 6.08 Å². The van der Waals surface area contributed by atoms with E-state index >= 15 is 0 Å². The van der Waals surface area contributed by atoms with Crippen molar-refractivity contribution >= 4 is 46.0 Å². The Hall–Kier alpha value is -3.07. The Morgan fingerprint density at radius 1 is 1.50 bits per heavy atom. The average Bonchev–Trinajstić information content (AvgIpc) is 3.38. The second-order valence-corrected chi connectivity index (χ2v) is 7.74. The van der Waals surface area contributed by atoms with E-state index in [2.05, 4.69) is 31.9 Å². The van der Waals surface area contributed by atoms with Crippen LogP contribution in [0.2, 0.25) is 5.02 Å². The smallest absolute Gasteiger partial charge is 0.246 e. The lowest BCUT2D eigenvalue weighted by molar-refractivity contribution is -0.127. The first kappa shape index (κ1) is 20.2. The van der Waals surface area contributed by atoms with E-state index < -0.39 is 0 Å². The van der Waals surface area contributed by atoms with Gasteiger partial charge in [-0.1, -0.05) is 18.2 Å². The van der Waals surface area contributed by atoms with Crippen LogP contribution in [0.25, 0.3) is 11.0 Å². The Morgan fingerprint density at radius 3 is 3.07 bits per heavy atom. The van der Waals surface area contributed by atoms with Crippen LogP contribution in [0.1, 0.15) is 19.8 Å². The highest BCUT2D eigenvalue weighted by molar-refractivity contribution is 6.36. The third-order valence-electron chi connectivity index (χ3n) is 5.44. The average molecular weight is 429 g/mol. The molecule has 3 aromatic rings. The number of nitrogens with one attached hydrogen (secondary N) is 2. The quantitative estimate of drug-likeness (QED) is 0.585. The molecule has 0 radical (unpaired) electrons. The summed E-state index contributed by atoms with van der Waals surface area (Å²) < 4.78 is 1.83. The number of rotatable bonds is 6. The molecule has 4 rings (SSSR count). The van der Waals surface area contributed by atoms with Gasteiger partial charge in [0, 0.05) is 45.1 Å². The first-order valence-corrected chi connectivity index (χ1v) is 10.4. The molecule has 9 nitrogen and oxygen atoms in total. The van der Waals surface area contributed by atoms with Crippen LogP contribution in [0, 0.1) is 0 Å². The number of hydrogen-bond acceptors (Lipinski definition) is 6. The summed E-state index contributed by atoms with van der Waals surface area (Å²) in [5, 5.41) is 8.82. The van der Waals surface area contributed by atoms with Gasteiger partial charge in [0.05, 0.1) is 22.3 Å². The minimum absolute atomic E-state index is 0.0455. The Bertz CT molecular complexity index is 1070. The number of likely N-dealkylation sites (tertiary alicyclic amines) is 1. The van der Waals surface area contributed by atoms with Crippen LogP contribution in [0.15, 0.2) is 31.2 Å². The van der Waals surface area contributed by atoms with Gasteiger partial charge in [0.2, 0.25) is 11.9 Å². The van der Waals surface area contributed by atoms with Crippen LogP contribution in [0.5, 0.6) is 0 Å². The van der Waals surface area contributed by atoms with E-state index in [1.807, 2.05) is 29.7 Å². The largest absolute Gasteiger partial charge is 0.354 e. The minimum Gasteiger partial charge on any atom is -0.354 e. The highest BCUT2D eigenvalue weighted by Gasteiger charge is 2.28. The number of carbonyl (C=O) groups is 1. The Labute approximate surface area is 179 Å². The molecule has 2 N–H and O–H groups in total. The number of aryl methyl sites for hydroxylation is 1. The summed E-state index contributed by atoms with van der Waals surface area (Å²) in [6.45, 7) is 7.77. The van der Waals surface area contributed by atoms with Crippen molar-refractivity contribution in [3.63, 3.8) is 0 Å². The van der Waals surface area contributed by atoms with Crippen molar-refractivity contribution in [2.24, 2.45) is 0 Å². The number of anilines is 3. The summed E-state index contributed by atoms with van der Waals surface area (Å²) in [4.78, 5) is 28.5. The number of aromatic nitrogens is 5. The molecule has 0 saturated carbocycles. The molecule has 0 bridgehead atoms. The molecule has 10 heteroatoms. The molecular formula is C20H25ClN8O. The Balaban J connectivity index is 1.67. The summed E-state index contributed by atoms with van der Waals surface area (Å²) in [6.07, 6.45) is 8.60. The molecule has 1 saturated heterocycles. The van der Waals surface area contributed by atoms with Gasteiger partial charge in [-0.15, -0.1) is 0 Å². The molecule has 158 valence electrons. The third-order valence-corrected chi connectivity index (χ3v) is 5.74. The van der Waals surface area contributed by atoms with Crippen LogP contribution < -0.4 is 10.2 Å². The highest BCUT2D eigenvalue weighted by atomic mass is 35.5. The predicted octanol–water partition coefficient (Wildman–Crippen LogP) is 3.18. The lowest BCUT2D eigenvalue weighted by Crippen LogP contribution is -2.48. The number of H-pyrrole nitrogens is 1. The lowest BCUT2D eigenvalue weighted by Gasteiger charge is -2.38. The number of aromatic amines is 1. The first-order chi connectivity index (χ1) is 14.5. The lowest BCUT2D eigenvalue weighted by atomic mass is 10.0. The number of amides is 1. The fraction of sp³-hybridized carbons (Fsp3) is 0.400. The van der Waals surface area contributed by atoms with E-state index in [0.717, 1.165) is 42.8 Å². The number of likely N-dealkylation sites (N-methyl/N-ethyl adjacent to an activating group) is 1. The van der Waals surface area contributed by atoms with Crippen molar-refractivity contribution in [3.8, 4) is 0 Å². The van der Waals surface area contributed by atoms with E-state index in [4.69, 9.17) is 16.6 Å². The Kier molecular flexibility index (Phi) is 5.63. The number of halogens is 1. The van der Waals surface area contributed by atoms with Crippen molar-refractivity contribution in [2.75, 3.05) is 30.4 Å². The van der Waals surface area contributed by atoms with Gasteiger partial charge in [0.1, 0.15) is 11.5 Å². The molecule has 1 fully saturated rings. The molecule has 0 aliphatic carbocycles. The number of piperidine rings is 1. The first-order valence-electron chi connectivity index (χ1n) is 9.98. The summed E-state index contributed by atoms with van der Waals surface area (Å²) in [7, 11) is 1.98. The van der Waals surface area contributed by atoms with Gasteiger partial charge in [-0.25, -0.2) is 0 Å². The van der Waals surface area contributed by atoms with E-state index in [0.29, 0.717) is 23.2 Å². The van der Waals surface area contributed by atoms with Gasteiger partial charge in [-0.05, 0) is 25.8 Å². The van der Waals surface area contributed by atoms with Gasteiger partial charge in [0.25, 0.3) is 0 Å². The summed E-state index contributed by atoms with van der Waals surface area (Å²) in [5.41, 5.74) is 1.46. The fourth-order valence-corrected chi connectivity index (χ4v) is 4.02. The molecule has 4 heterocycles. The zero-order valence-corrected chi connectivity index (χ0v) is 17.9. The maximum atomic E-state index is 12.1. The number of hydrogen-bond donors (Lipinski definition) is 2. The van der Waals surface area contributed by atoms with Gasteiger partial charge in [-0.2, -0.15) is 15.1 Å². The van der Waals surface area contributed by atoms with Gasteiger partial charge >= 0.3 is 0 Å². The standard InChI is InChI=1S/C20H25ClN8O/c1-4-16(30)28-8-6-7-14(12-28)27(3)19-17-15(21)10-22-18(17)25-20(26-19)24-13-9-23-29(5-2)11-13/h4,9-11,14H,1,5-8,12H2,2-3H3,(H2,22,24,25,26)/t14-/m1/s1. The van der Waals surface area contributed by atoms with Gasteiger partial charge in [-0.3, -0.25) is 9.48 Å². The zero-order chi connectivity index (χ0) is 21.3. The van der Waals surface area contributed by atoms with Crippen molar-refractivity contribution < 1.29 is 4.79 Å². The van der Waals surface area contributed by atoms with E-state index in [-0.39, 0.29) is 11.9 Å². The maximum absolute atomic E-state index is 12.1. The van der Waals surface area contributed by atoms with Crippen LogP contribution >= 0.6 is 11.6 Å². The van der Waals surface area contributed by atoms with Crippen LogP contribution in [-0.4, -0.2) is 61.7 Å². The summed E-state index contributed by atoms with van der Waals surface area (Å²) in [5.74, 6) is 1.12. The highest BCUT2D eigenvalue weighted by Crippen LogP contribution is 2.33. The molecule has 1 amide bonds. The second-order valence-electron chi connectivity index (χ2n) is 7.34. The molecular weight excluding hydrogens is 404 g/mol. The van der Waals surface area contributed by atoms with Crippen LogP contribution in [0.4, 0.5) is 17.5 Å². The number of carbonyl (C=O) groups excluding carboxylic acids is 1. The number of nitrogens with zero attached hydrogens (tertiary/aromatic N) is 6. The monoisotopic (exact) mass is 428 g/mol. The molecule has 1 aliphatic rings. The third kappa shape index (κ3) is 3.85. The summed E-state index contributed by atoms with van der Waals surface area (Å²) in [6, 6.07) is 0.113. The molecule has 30 heavy (non-hydrogen) atoms. The van der Waals surface area contributed by atoms with Crippen molar-refractivity contribution in [3.05, 3.63) is 36.3 Å². The molecule has 3 aromatic heterocycles. The Morgan fingerprint density at radius 2 is 2.33 bits per heavy atom. The fourth-order valence-electron chi connectivity index (χ4n) is 3.79. The van der Waals surface area contributed by atoms with Gasteiger partial charge in [0.15, 0.2) is 0 Å². The van der Waals surface area contributed by atoms with Gasteiger partial charge < -0.3 is 20.1 Å². The van der Waals surface area contributed by atoms with Crippen molar-refractivity contribution in [1.29, 1.82) is 0 Å². The minimum atomic E-state index is -0.0455. The summed E-state index contributed by atoms with van der Waals surface area (Å²) >= 11 is 6.45. The molecule has 1 atom stereocenters. The molecule has 1 aliphatic heterocycles. The van der Waals surface area contributed by atoms with Crippen LogP contribution in [0.3, 0.4) is 0 Å². The molecule has 0 spiro atoms. The zero-order valence-electron chi connectivity index (χ0n) is 17.1. The van der Waals surface area contributed by atoms with Crippen molar-refractivity contribution in [2.45, 2.75) is 32.4 Å². The topological polar surface area (TPSA) is 95.0 Å². The predicted molar refractivity (Wildman–Crippen MR) is 118 cm³/mol.